The lowest BCUT2D eigenvalue weighted by Crippen LogP contribution is -2.30. The van der Waals surface area contributed by atoms with Crippen LogP contribution in [0.25, 0.3) is 0 Å². The smallest absolute Gasteiger partial charge is 0.265 e. The maximum Gasteiger partial charge on any atom is 0.265 e. The summed E-state index contributed by atoms with van der Waals surface area (Å²) in [5.41, 5.74) is 0.647. The van der Waals surface area contributed by atoms with Crippen LogP contribution in [0.2, 0.25) is 0 Å². The Morgan fingerprint density at radius 3 is 2.19 bits per heavy atom. The number of benzene rings is 3. The fraction of sp³-hybridized carbons (Fsp3) is 0.136. The first kappa shape index (κ1) is 22.1. The van der Waals surface area contributed by atoms with Crippen LogP contribution in [-0.2, 0) is 14.8 Å². The van der Waals surface area contributed by atoms with Crippen LogP contribution >= 0.6 is 0 Å². The van der Waals surface area contributed by atoms with E-state index >= 15 is 0 Å². The highest BCUT2D eigenvalue weighted by atomic mass is 32.2. The topological polar surface area (TPSA) is 93.7 Å². The standard InChI is InChI=1S/C22H21FN2O5S/c1-15(30-20-5-3-4-19(14-20)29-2)22(26)24-17-10-12-21(13-11-17)31(27,28)25-18-8-6-16(23)7-9-18/h3-15,25H,1-2H3,(H,24,26)/t15-/m0/s1. The molecule has 0 bridgehead atoms. The van der Waals surface area contributed by atoms with Crippen molar-refractivity contribution in [2.75, 3.05) is 17.1 Å². The number of amides is 1. The molecule has 1 atom stereocenters. The summed E-state index contributed by atoms with van der Waals surface area (Å²) in [4.78, 5) is 12.4. The molecule has 0 unspecified atom stereocenters. The molecule has 31 heavy (non-hydrogen) atoms. The Kier molecular flexibility index (Phi) is 6.76. The van der Waals surface area contributed by atoms with Crippen molar-refractivity contribution in [3.8, 4) is 11.5 Å². The average Bonchev–Trinajstić information content (AvgIpc) is 2.75. The van der Waals surface area contributed by atoms with Crippen LogP contribution in [0, 0.1) is 5.82 Å². The number of sulfonamides is 1. The number of anilines is 2. The summed E-state index contributed by atoms with van der Waals surface area (Å²) >= 11 is 0. The molecule has 0 aromatic heterocycles. The summed E-state index contributed by atoms with van der Waals surface area (Å²) in [5, 5.41) is 2.67. The fourth-order valence-electron chi connectivity index (χ4n) is 2.63. The van der Waals surface area contributed by atoms with Gasteiger partial charge in [-0.15, -0.1) is 0 Å². The molecular formula is C22H21FN2O5S. The van der Waals surface area contributed by atoms with E-state index in [2.05, 4.69) is 10.0 Å². The first-order valence-electron chi connectivity index (χ1n) is 9.27. The van der Waals surface area contributed by atoms with E-state index in [4.69, 9.17) is 9.47 Å². The van der Waals surface area contributed by atoms with Crippen LogP contribution in [0.4, 0.5) is 15.8 Å². The molecule has 7 nitrogen and oxygen atoms in total. The second kappa shape index (κ2) is 9.48. The number of carbonyl (C=O) groups is 1. The van der Waals surface area contributed by atoms with Gasteiger partial charge in [0.25, 0.3) is 15.9 Å². The zero-order valence-corrected chi connectivity index (χ0v) is 17.6. The zero-order valence-electron chi connectivity index (χ0n) is 16.8. The molecule has 3 aromatic carbocycles. The molecule has 0 aliphatic carbocycles. The summed E-state index contributed by atoms with van der Waals surface area (Å²) in [6.45, 7) is 1.60. The molecule has 3 rings (SSSR count). The van der Waals surface area contributed by atoms with Gasteiger partial charge in [0.05, 0.1) is 12.0 Å². The minimum atomic E-state index is -3.86. The lowest BCUT2D eigenvalue weighted by molar-refractivity contribution is -0.122. The van der Waals surface area contributed by atoms with E-state index in [1.807, 2.05) is 0 Å². The normalized spacial score (nSPS) is 12.0. The van der Waals surface area contributed by atoms with Crippen LogP contribution in [0.5, 0.6) is 11.5 Å². The lowest BCUT2D eigenvalue weighted by atomic mass is 10.3. The summed E-state index contributed by atoms with van der Waals surface area (Å²) in [5.74, 6) is 0.224. The third kappa shape index (κ3) is 5.95. The molecular weight excluding hydrogens is 423 g/mol. The number of hydrogen-bond acceptors (Lipinski definition) is 5. The number of halogens is 1. The molecule has 0 aliphatic rings. The predicted octanol–water partition coefficient (Wildman–Crippen LogP) is 4.04. The van der Waals surface area contributed by atoms with Crippen molar-refractivity contribution < 1.29 is 27.1 Å². The fourth-order valence-corrected chi connectivity index (χ4v) is 3.68. The van der Waals surface area contributed by atoms with Gasteiger partial charge in [-0.1, -0.05) is 6.07 Å². The van der Waals surface area contributed by atoms with E-state index in [1.54, 1.807) is 31.2 Å². The first-order chi connectivity index (χ1) is 14.8. The Hall–Kier alpha value is -3.59. The summed E-state index contributed by atoms with van der Waals surface area (Å²) < 4.78 is 51.0. The largest absolute Gasteiger partial charge is 0.497 e. The van der Waals surface area contributed by atoms with Gasteiger partial charge in [-0.05, 0) is 67.6 Å². The van der Waals surface area contributed by atoms with E-state index in [0.29, 0.717) is 17.2 Å². The third-order valence-corrected chi connectivity index (χ3v) is 5.65. The zero-order chi connectivity index (χ0) is 22.4. The van der Waals surface area contributed by atoms with Crippen LogP contribution in [0.3, 0.4) is 0 Å². The molecule has 0 heterocycles. The summed E-state index contributed by atoms with van der Waals surface area (Å²) in [7, 11) is -2.32. The summed E-state index contributed by atoms with van der Waals surface area (Å²) in [6, 6.07) is 17.5. The van der Waals surface area contributed by atoms with Gasteiger partial charge in [0.15, 0.2) is 6.10 Å². The molecule has 0 fully saturated rings. The quantitative estimate of drug-likeness (QED) is 0.547. The van der Waals surface area contributed by atoms with Crippen molar-refractivity contribution in [3.05, 3.63) is 78.6 Å². The Bertz CT molecular complexity index is 1150. The predicted molar refractivity (Wildman–Crippen MR) is 115 cm³/mol. The van der Waals surface area contributed by atoms with E-state index in [9.17, 15) is 17.6 Å². The van der Waals surface area contributed by atoms with Crippen molar-refractivity contribution in [2.24, 2.45) is 0 Å². The Morgan fingerprint density at radius 2 is 1.55 bits per heavy atom. The number of ether oxygens (including phenoxy) is 2. The Balaban J connectivity index is 1.62. The minimum absolute atomic E-state index is 0.00416. The molecule has 0 spiro atoms. The highest BCUT2D eigenvalue weighted by Gasteiger charge is 2.17. The van der Waals surface area contributed by atoms with E-state index in [1.165, 1.54) is 43.5 Å². The molecule has 0 radical (unpaired) electrons. The molecule has 0 saturated carbocycles. The van der Waals surface area contributed by atoms with Gasteiger partial charge in [-0.2, -0.15) is 0 Å². The molecule has 3 aromatic rings. The molecule has 0 saturated heterocycles. The molecule has 1 amide bonds. The van der Waals surface area contributed by atoms with E-state index < -0.39 is 27.9 Å². The van der Waals surface area contributed by atoms with Gasteiger partial charge in [-0.25, -0.2) is 12.8 Å². The van der Waals surface area contributed by atoms with Crippen molar-refractivity contribution in [3.63, 3.8) is 0 Å². The van der Waals surface area contributed by atoms with Crippen LogP contribution in [0.15, 0.2) is 77.7 Å². The van der Waals surface area contributed by atoms with E-state index in [0.717, 1.165) is 12.1 Å². The molecule has 2 N–H and O–H groups in total. The number of carbonyl (C=O) groups excluding carboxylic acids is 1. The second-order valence-corrected chi connectivity index (χ2v) is 8.25. The third-order valence-electron chi connectivity index (χ3n) is 4.25. The van der Waals surface area contributed by atoms with Crippen LogP contribution in [0.1, 0.15) is 6.92 Å². The van der Waals surface area contributed by atoms with Crippen molar-refractivity contribution in [1.29, 1.82) is 0 Å². The SMILES string of the molecule is COc1cccc(O[C@@H](C)C(=O)Nc2ccc(S(=O)(=O)Nc3ccc(F)cc3)cc2)c1. The van der Waals surface area contributed by atoms with Crippen molar-refractivity contribution >= 4 is 27.3 Å². The monoisotopic (exact) mass is 444 g/mol. The van der Waals surface area contributed by atoms with E-state index in [-0.39, 0.29) is 10.6 Å². The maximum absolute atomic E-state index is 13.0. The van der Waals surface area contributed by atoms with Gasteiger partial charge >= 0.3 is 0 Å². The Labute approximate surface area is 179 Å². The summed E-state index contributed by atoms with van der Waals surface area (Å²) in [6.07, 6.45) is -0.796. The van der Waals surface area contributed by atoms with Gasteiger partial charge in [0, 0.05) is 17.4 Å². The van der Waals surface area contributed by atoms with Gasteiger partial charge in [0.2, 0.25) is 0 Å². The lowest BCUT2D eigenvalue weighted by Gasteiger charge is -2.15. The van der Waals surface area contributed by atoms with Crippen molar-refractivity contribution in [2.45, 2.75) is 17.9 Å². The van der Waals surface area contributed by atoms with Crippen LogP contribution < -0.4 is 19.5 Å². The number of rotatable bonds is 8. The van der Waals surface area contributed by atoms with Gasteiger partial charge < -0.3 is 14.8 Å². The number of nitrogens with one attached hydrogen (secondary N) is 2. The van der Waals surface area contributed by atoms with Crippen LogP contribution in [-0.4, -0.2) is 27.5 Å². The second-order valence-electron chi connectivity index (χ2n) is 6.57. The first-order valence-corrected chi connectivity index (χ1v) is 10.8. The molecule has 9 heteroatoms. The van der Waals surface area contributed by atoms with Gasteiger partial charge in [0.1, 0.15) is 17.3 Å². The van der Waals surface area contributed by atoms with Gasteiger partial charge in [-0.3, -0.25) is 9.52 Å². The highest BCUT2D eigenvalue weighted by molar-refractivity contribution is 7.92. The number of methoxy groups -OCH3 is 1. The minimum Gasteiger partial charge on any atom is -0.497 e. The average molecular weight is 444 g/mol. The maximum atomic E-state index is 13.0. The molecule has 162 valence electrons. The Morgan fingerprint density at radius 1 is 0.935 bits per heavy atom. The number of hydrogen-bond donors (Lipinski definition) is 2. The molecule has 0 aliphatic heterocycles. The van der Waals surface area contributed by atoms with Crippen molar-refractivity contribution in [1.82, 2.24) is 0 Å². The highest BCUT2D eigenvalue weighted by Crippen LogP contribution is 2.21.